The van der Waals surface area contributed by atoms with Crippen molar-refractivity contribution in [2.45, 2.75) is 13.0 Å². The van der Waals surface area contributed by atoms with Crippen LogP contribution >= 0.6 is 11.6 Å². The third-order valence-electron chi connectivity index (χ3n) is 5.63. The average Bonchev–Trinajstić information content (AvgIpc) is 3.13. The van der Waals surface area contributed by atoms with Crippen LogP contribution in [0.2, 0.25) is 5.02 Å². The number of benzene rings is 2. The number of hydrogen-bond acceptors (Lipinski definition) is 5. The second-order valence-corrected chi connectivity index (χ2v) is 7.71. The molecule has 7 heteroatoms. The van der Waals surface area contributed by atoms with Crippen molar-refractivity contribution in [2.75, 3.05) is 33.3 Å². The molecule has 1 aliphatic heterocycles. The number of nitriles is 1. The summed E-state index contributed by atoms with van der Waals surface area (Å²) in [7, 11) is 1.62. The second-order valence-electron chi connectivity index (χ2n) is 7.31. The monoisotopic (exact) mass is 423 g/mol. The molecule has 6 nitrogen and oxygen atoms in total. The van der Waals surface area contributed by atoms with Gasteiger partial charge in [0.15, 0.2) is 11.3 Å². The van der Waals surface area contributed by atoms with Crippen LogP contribution in [-0.4, -0.2) is 49.0 Å². The number of ether oxygens (including phenoxy) is 1. The van der Waals surface area contributed by atoms with Crippen LogP contribution in [0, 0.1) is 18.3 Å². The number of piperazine rings is 1. The number of fused-ring (bicyclic) bond motifs is 1. The number of para-hydroxylation sites is 1. The molecule has 1 atom stereocenters. The van der Waals surface area contributed by atoms with Gasteiger partial charge >= 0.3 is 0 Å². The number of carbonyl (C=O) groups is 1. The molecule has 0 bridgehead atoms. The van der Waals surface area contributed by atoms with Gasteiger partial charge in [-0.25, -0.2) is 0 Å². The Labute approximate surface area is 180 Å². The number of hydrogen-bond donors (Lipinski definition) is 0. The Morgan fingerprint density at radius 3 is 2.47 bits per heavy atom. The highest BCUT2D eigenvalue weighted by molar-refractivity contribution is 6.35. The van der Waals surface area contributed by atoms with Gasteiger partial charge in [-0.1, -0.05) is 35.9 Å². The highest BCUT2D eigenvalue weighted by atomic mass is 35.5. The van der Waals surface area contributed by atoms with Gasteiger partial charge in [0.25, 0.3) is 5.91 Å². The molecule has 1 saturated heterocycles. The highest BCUT2D eigenvalue weighted by Crippen LogP contribution is 2.32. The maximum atomic E-state index is 13.1. The van der Waals surface area contributed by atoms with E-state index < -0.39 is 0 Å². The predicted octanol–water partition coefficient (Wildman–Crippen LogP) is 4.43. The van der Waals surface area contributed by atoms with Crippen molar-refractivity contribution >= 4 is 28.5 Å². The number of nitrogens with zero attached hydrogens (tertiary/aromatic N) is 3. The molecule has 0 spiro atoms. The predicted molar refractivity (Wildman–Crippen MR) is 115 cm³/mol. The van der Waals surface area contributed by atoms with Crippen molar-refractivity contribution in [3.63, 3.8) is 0 Å². The van der Waals surface area contributed by atoms with Gasteiger partial charge in [0.05, 0.1) is 18.2 Å². The van der Waals surface area contributed by atoms with E-state index >= 15 is 0 Å². The van der Waals surface area contributed by atoms with E-state index in [4.69, 9.17) is 20.8 Å². The Morgan fingerprint density at radius 1 is 1.17 bits per heavy atom. The van der Waals surface area contributed by atoms with Gasteiger partial charge in [0.2, 0.25) is 0 Å². The molecule has 1 aliphatic rings. The van der Waals surface area contributed by atoms with Gasteiger partial charge in [-0.05, 0) is 30.7 Å². The molecule has 1 amide bonds. The van der Waals surface area contributed by atoms with Crippen molar-refractivity contribution in [1.82, 2.24) is 9.80 Å². The number of halogens is 1. The summed E-state index contributed by atoms with van der Waals surface area (Å²) < 4.78 is 11.0. The molecule has 3 aromatic rings. The van der Waals surface area contributed by atoms with Crippen molar-refractivity contribution in [3.8, 4) is 11.8 Å². The summed E-state index contributed by atoms with van der Waals surface area (Å²) in [5.74, 6) is 0.947. The summed E-state index contributed by atoms with van der Waals surface area (Å²) >= 11 is 6.22. The van der Waals surface area contributed by atoms with Gasteiger partial charge < -0.3 is 14.1 Å². The molecule has 1 unspecified atom stereocenters. The van der Waals surface area contributed by atoms with Crippen LogP contribution in [0.25, 0.3) is 11.0 Å². The van der Waals surface area contributed by atoms with E-state index in [1.165, 1.54) is 0 Å². The first-order valence-corrected chi connectivity index (χ1v) is 10.2. The molecule has 2 aromatic carbocycles. The lowest BCUT2D eigenvalue weighted by Crippen LogP contribution is -2.49. The van der Waals surface area contributed by atoms with Crippen molar-refractivity contribution in [3.05, 3.63) is 64.4 Å². The molecular weight excluding hydrogens is 402 g/mol. The van der Waals surface area contributed by atoms with Gasteiger partial charge in [-0.3, -0.25) is 9.69 Å². The summed E-state index contributed by atoms with van der Waals surface area (Å²) in [5, 5.41) is 11.1. The lowest BCUT2D eigenvalue weighted by atomic mass is 10.1. The van der Waals surface area contributed by atoms with Crippen molar-refractivity contribution < 1.29 is 13.9 Å². The zero-order chi connectivity index (χ0) is 21.3. The number of aryl methyl sites for hydroxylation is 1. The van der Waals surface area contributed by atoms with E-state index in [0.29, 0.717) is 42.5 Å². The third kappa shape index (κ3) is 3.62. The summed E-state index contributed by atoms with van der Waals surface area (Å²) in [4.78, 5) is 16.9. The minimum Gasteiger partial charge on any atom is -0.497 e. The Kier molecular flexibility index (Phi) is 5.67. The first-order valence-electron chi connectivity index (χ1n) is 9.78. The summed E-state index contributed by atoms with van der Waals surface area (Å²) in [5.41, 5.74) is 2.26. The number of methoxy groups -OCH3 is 1. The van der Waals surface area contributed by atoms with Gasteiger partial charge in [0, 0.05) is 37.1 Å². The summed E-state index contributed by atoms with van der Waals surface area (Å²) in [6, 6.07) is 15.1. The molecule has 2 heterocycles. The van der Waals surface area contributed by atoms with Crippen LogP contribution in [0.15, 0.2) is 46.9 Å². The van der Waals surface area contributed by atoms with Gasteiger partial charge in [0.1, 0.15) is 11.8 Å². The molecule has 1 aromatic heterocycles. The van der Waals surface area contributed by atoms with E-state index in [9.17, 15) is 10.1 Å². The quantitative estimate of drug-likeness (QED) is 0.621. The van der Waals surface area contributed by atoms with Gasteiger partial charge in [-0.2, -0.15) is 5.26 Å². The van der Waals surface area contributed by atoms with Crippen LogP contribution in [-0.2, 0) is 0 Å². The number of furan rings is 1. The number of rotatable bonds is 4. The van der Waals surface area contributed by atoms with E-state index in [0.717, 1.165) is 22.3 Å². The topological polar surface area (TPSA) is 69.7 Å². The maximum absolute atomic E-state index is 13.1. The Bertz CT molecular complexity index is 1110. The maximum Gasteiger partial charge on any atom is 0.289 e. The first-order chi connectivity index (χ1) is 14.5. The molecule has 0 N–H and O–H groups in total. The zero-order valence-corrected chi connectivity index (χ0v) is 17.6. The standard InChI is InChI=1S/C23H22ClN3O3/c1-15-18-4-3-5-19(24)22(18)30-21(15)23(28)27-12-10-26(11-13-27)20(14-25)16-6-8-17(29-2)9-7-16/h3-9,20H,10-13H2,1-2H3. The smallest absolute Gasteiger partial charge is 0.289 e. The van der Waals surface area contributed by atoms with Crippen LogP contribution in [0.1, 0.15) is 27.7 Å². The van der Waals surface area contributed by atoms with E-state index in [2.05, 4.69) is 11.0 Å². The Morgan fingerprint density at radius 2 is 1.87 bits per heavy atom. The largest absolute Gasteiger partial charge is 0.497 e. The molecule has 30 heavy (non-hydrogen) atoms. The van der Waals surface area contributed by atoms with Crippen molar-refractivity contribution in [1.29, 1.82) is 5.26 Å². The summed E-state index contributed by atoms with van der Waals surface area (Å²) in [6.45, 7) is 4.14. The van der Waals surface area contributed by atoms with E-state index in [1.54, 1.807) is 18.1 Å². The van der Waals surface area contributed by atoms with Crippen LogP contribution in [0.3, 0.4) is 0 Å². The fourth-order valence-corrected chi connectivity index (χ4v) is 4.11. The minimum atomic E-state index is -0.361. The van der Waals surface area contributed by atoms with Crippen LogP contribution in [0.4, 0.5) is 0 Å². The number of amides is 1. The molecule has 4 rings (SSSR count). The fourth-order valence-electron chi connectivity index (χ4n) is 3.89. The molecule has 154 valence electrons. The van der Waals surface area contributed by atoms with Crippen molar-refractivity contribution in [2.24, 2.45) is 0 Å². The van der Waals surface area contributed by atoms with Crippen LogP contribution in [0.5, 0.6) is 5.75 Å². The SMILES string of the molecule is COc1ccc(C(C#N)N2CCN(C(=O)c3oc4c(Cl)cccc4c3C)CC2)cc1. The first kappa shape index (κ1) is 20.3. The molecule has 1 fully saturated rings. The summed E-state index contributed by atoms with van der Waals surface area (Å²) in [6.07, 6.45) is 0. The van der Waals surface area contributed by atoms with E-state index in [-0.39, 0.29) is 11.9 Å². The fraction of sp³-hybridized carbons (Fsp3) is 0.304. The third-order valence-corrected chi connectivity index (χ3v) is 5.93. The van der Waals surface area contributed by atoms with Gasteiger partial charge in [-0.15, -0.1) is 0 Å². The lowest BCUT2D eigenvalue weighted by Gasteiger charge is -2.36. The Hall–Kier alpha value is -3.01. The second kappa shape index (κ2) is 8.39. The highest BCUT2D eigenvalue weighted by Gasteiger charge is 2.30. The normalized spacial score (nSPS) is 15.7. The Balaban J connectivity index is 1.47. The number of carbonyl (C=O) groups excluding carboxylic acids is 1. The molecule has 0 radical (unpaired) electrons. The minimum absolute atomic E-state index is 0.141. The zero-order valence-electron chi connectivity index (χ0n) is 16.9. The molecule has 0 aliphatic carbocycles. The van der Waals surface area contributed by atoms with E-state index in [1.807, 2.05) is 43.3 Å². The average molecular weight is 424 g/mol. The molecular formula is C23H22ClN3O3. The lowest BCUT2D eigenvalue weighted by molar-refractivity contribution is 0.0577. The molecule has 0 saturated carbocycles. The van der Waals surface area contributed by atoms with Crippen LogP contribution < -0.4 is 4.74 Å².